The highest BCUT2D eigenvalue weighted by molar-refractivity contribution is 7.99. The zero-order valence-electron chi connectivity index (χ0n) is 10.5. The highest BCUT2D eigenvalue weighted by atomic mass is 32.2. The molecule has 1 aliphatic rings. The lowest BCUT2D eigenvalue weighted by atomic mass is 10.2. The predicted molar refractivity (Wildman–Crippen MR) is 70.7 cm³/mol. The minimum absolute atomic E-state index is 0.687. The minimum Gasteiger partial charge on any atom is -0.313 e. The molecule has 0 aromatic carbocycles. The van der Waals surface area contributed by atoms with Crippen LogP contribution in [-0.4, -0.2) is 48.1 Å². The average molecular weight is 230 g/mol. The summed E-state index contributed by atoms with van der Waals surface area (Å²) in [6.07, 6.45) is 2.58. The molecule has 0 bridgehead atoms. The van der Waals surface area contributed by atoms with Crippen molar-refractivity contribution in [3.63, 3.8) is 0 Å². The maximum absolute atomic E-state index is 3.60. The molecule has 1 saturated heterocycles. The number of hydrogen-bond acceptors (Lipinski definition) is 3. The van der Waals surface area contributed by atoms with Crippen LogP contribution < -0.4 is 5.32 Å². The number of hydrogen-bond donors (Lipinski definition) is 1. The Balaban J connectivity index is 2.03. The Hall–Kier alpha value is 0.270. The summed E-state index contributed by atoms with van der Waals surface area (Å²) in [7, 11) is 0. The van der Waals surface area contributed by atoms with E-state index >= 15 is 0 Å². The second-order valence-electron chi connectivity index (χ2n) is 4.63. The van der Waals surface area contributed by atoms with Gasteiger partial charge in [0.15, 0.2) is 0 Å². The largest absolute Gasteiger partial charge is 0.313 e. The second-order valence-corrected chi connectivity index (χ2v) is 6.17. The van der Waals surface area contributed by atoms with E-state index in [1.807, 2.05) is 0 Å². The van der Waals surface area contributed by atoms with Gasteiger partial charge in [-0.05, 0) is 13.3 Å². The van der Waals surface area contributed by atoms with Crippen LogP contribution in [0.3, 0.4) is 0 Å². The third-order valence-electron chi connectivity index (χ3n) is 2.97. The zero-order valence-corrected chi connectivity index (χ0v) is 11.3. The van der Waals surface area contributed by atoms with E-state index in [0.717, 1.165) is 11.8 Å². The normalized spacial score (nSPS) is 25.4. The molecule has 0 spiro atoms. The van der Waals surface area contributed by atoms with Crippen molar-refractivity contribution in [1.82, 2.24) is 10.2 Å². The first-order valence-electron chi connectivity index (χ1n) is 6.29. The quantitative estimate of drug-likeness (QED) is 0.753. The van der Waals surface area contributed by atoms with Gasteiger partial charge in [-0.25, -0.2) is 0 Å². The Morgan fingerprint density at radius 2 is 2.33 bits per heavy atom. The van der Waals surface area contributed by atoms with Crippen molar-refractivity contribution in [2.24, 2.45) is 0 Å². The van der Waals surface area contributed by atoms with Gasteiger partial charge in [0.1, 0.15) is 0 Å². The fourth-order valence-corrected chi connectivity index (χ4v) is 3.18. The van der Waals surface area contributed by atoms with Crippen LogP contribution in [0.1, 0.15) is 33.6 Å². The van der Waals surface area contributed by atoms with E-state index in [0.29, 0.717) is 6.04 Å². The molecule has 0 aliphatic carbocycles. The van der Waals surface area contributed by atoms with Crippen molar-refractivity contribution in [2.75, 3.05) is 31.9 Å². The molecule has 2 nitrogen and oxygen atoms in total. The van der Waals surface area contributed by atoms with Crippen molar-refractivity contribution in [3.8, 4) is 0 Å². The lowest BCUT2D eigenvalue weighted by molar-refractivity contribution is 0.280. The summed E-state index contributed by atoms with van der Waals surface area (Å²) >= 11 is 2.11. The Kier molecular flexibility index (Phi) is 6.69. The standard InChI is InChI=1S/C12H26N2S/c1-4-5-11(2)13-6-7-14-8-9-15-12(3)10-14/h11-13H,4-10H2,1-3H3. The molecule has 0 amide bonds. The monoisotopic (exact) mass is 230 g/mol. The summed E-state index contributed by atoms with van der Waals surface area (Å²) in [5.74, 6) is 1.31. The van der Waals surface area contributed by atoms with E-state index < -0.39 is 0 Å². The van der Waals surface area contributed by atoms with Crippen molar-refractivity contribution in [1.29, 1.82) is 0 Å². The molecular weight excluding hydrogens is 204 g/mol. The van der Waals surface area contributed by atoms with Gasteiger partial charge in [0, 0.05) is 43.2 Å². The van der Waals surface area contributed by atoms with E-state index in [9.17, 15) is 0 Å². The molecular formula is C12H26N2S. The summed E-state index contributed by atoms with van der Waals surface area (Å²) in [6, 6.07) is 0.687. The van der Waals surface area contributed by atoms with E-state index in [1.165, 1.54) is 38.2 Å². The average Bonchev–Trinajstić information content (AvgIpc) is 2.18. The van der Waals surface area contributed by atoms with Crippen molar-refractivity contribution in [2.45, 2.75) is 44.9 Å². The molecule has 2 atom stereocenters. The number of nitrogens with zero attached hydrogens (tertiary/aromatic N) is 1. The molecule has 15 heavy (non-hydrogen) atoms. The fourth-order valence-electron chi connectivity index (χ4n) is 2.10. The van der Waals surface area contributed by atoms with Crippen molar-refractivity contribution < 1.29 is 0 Å². The molecule has 2 unspecified atom stereocenters. The van der Waals surface area contributed by atoms with E-state index in [2.05, 4.69) is 42.7 Å². The van der Waals surface area contributed by atoms with Gasteiger partial charge < -0.3 is 10.2 Å². The first kappa shape index (κ1) is 13.3. The van der Waals surface area contributed by atoms with Crippen LogP contribution in [0.2, 0.25) is 0 Å². The van der Waals surface area contributed by atoms with Gasteiger partial charge in [0.05, 0.1) is 0 Å². The molecule has 1 aliphatic heterocycles. The SMILES string of the molecule is CCCC(C)NCCN1CCSC(C)C1. The Morgan fingerprint density at radius 3 is 3.00 bits per heavy atom. The van der Waals surface area contributed by atoms with Gasteiger partial charge >= 0.3 is 0 Å². The third-order valence-corrected chi connectivity index (χ3v) is 4.10. The summed E-state index contributed by atoms with van der Waals surface area (Å²) in [5, 5.41) is 4.42. The number of rotatable bonds is 6. The molecule has 0 aromatic rings. The van der Waals surface area contributed by atoms with Crippen molar-refractivity contribution >= 4 is 11.8 Å². The van der Waals surface area contributed by atoms with Gasteiger partial charge in [-0.15, -0.1) is 0 Å². The van der Waals surface area contributed by atoms with Crippen LogP contribution in [0.5, 0.6) is 0 Å². The van der Waals surface area contributed by atoms with Gasteiger partial charge in [0.2, 0.25) is 0 Å². The first-order valence-corrected chi connectivity index (χ1v) is 7.34. The Bertz CT molecular complexity index is 164. The van der Waals surface area contributed by atoms with Crippen LogP contribution in [0, 0.1) is 0 Å². The molecule has 0 saturated carbocycles. The smallest absolute Gasteiger partial charge is 0.0147 e. The Morgan fingerprint density at radius 1 is 1.53 bits per heavy atom. The molecule has 1 N–H and O–H groups in total. The fraction of sp³-hybridized carbons (Fsp3) is 1.00. The van der Waals surface area contributed by atoms with Crippen LogP contribution in [0.4, 0.5) is 0 Å². The van der Waals surface area contributed by atoms with E-state index in [-0.39, 0.29) is 0 Å². The van der Waals surface area contributed by atoms with E-state index in [1.54, 1.807) is 0 Å². The van der Waals surface area contributed by atoms with Crippen LogP contribution >= 0.6 is 11.8 Å². The summed E-state index contributed by atoms with van der Waals surface area (Å²) in [5.41, 5.74) is 0. The van der Waals surface area contributed by atoms with Gasteiger partial charge in [-0.2, -0.15) is 11.8 Å². The number of thioether (sulfide) groups is 1. The maximum Gasteiger partial charge on any atom is 0.0147 e. The van der Waals surface area contributed by atoms with Crippen LogP contribution in [0.15, 0.2) is 0 Å². The molecule has 1 fully saturated rings. The van der Waals surface area contributed by atoms with Gasteiger partial charge in [0.25, 0.3) is 0 Å². The highest BCUT2D eigenvalue weighted by Gasteiger charge is 2.15. The number of nitrogens with one attached hydrogen (secondary N) is 1. The van der Waals surface area contributed by atoms with Gasteiger partial charge in [-0.1, -0.05) is 20.3 Å². The molecule has 1 heterocycles. The van der Waals surface area contributed by atoms with Gasteiger partial charge in [-0.3, -0.25) is 0 Å². The molecule has 1 rings (SSSR count). The summed E-state index contributed by atoms with van der Waals surface area (Å²) < 4.78 is 0. The second kappa shape index (κ2) is 7.53. The predicted octanol–water partition coefficient (Wildman–Crippen LogP) is 2.20. The molecule has 0 radical (unpaired) electrons. The maximum atomic E-state index is 3.60. The lowest BCUT2D eigenvalue weighted by Crippen LogP contribution is -2.42. The molecule has 3 heteroatoms. The Labute approximate surface area is 99.2 Å². The summed E-state index contributed by atoms with van der Waals surface area (Å²) in [4.78, 5) is 2.59. The highest BCUT2D eigenvalue weighted by Crippen LogP contribution is 2.16. The van der Waals surface area contributed by atoms with Crippen LogP contribution in [-0.2, 0) is 0 Å². The molecule has 0 aromatic heterocycles. The zero-order chi connectivity index (χ0) is 11.1. The third kappa shape index (κ3) is 5.79. The summed E-state index contributed by atoms with van der Waals surface area (Å²) in [6.45, 7) is 11.8. The van der Waals surface area contributed by atoms with Crippen molar-refractivity contribution in [3.05, 3.63) is 0 Å². The van der Waals surface area contributed by atoms with E-state index in [4.69, 9.17) is 0 Å². The lowest BCUT2D eigenvalue weighted by Gasteiger charge is -2.30. The minimum atomic E-state index is 0.687. The topological polar surface area (TPSA) is 15.3 Å². The first-order chi connectivity index (χ1) is 7.22. The van der Waals surface area contributed by atoms with Crippen LogP contribution in [0.25, 0.3) is 0 Å². The molecule has 90 valence electrons.